The molecule has 0 aromatic carbocycles. The Bertz CT molecular complexity index is 395. The van der Waals surface area contributed by atoms with Crippen molar-refractivity contribution in [2.75, 3.05) is 33.0 Å². The summed E-state index contributed by atoms with van der Waals surface area (Å²) in [5, 5.41) is 9.29. The van der Waals surface area contributed by atoms with E-state index in [1.807, 2.05) is 6.92 Å². The molecule has 0 bridgehead atoms. The van der Waals surface area contributed by atoms with E-state index in [2.05, 4.69) is 0 Å². The van der Waals surface area contributed by atoms with Crippen LogP contribution in [0, 0.1) is 5.92 Å². The van der Waals surface area contributed by atoms with Crippen LogP contribution in [0.4, 0.5) is 0 Å². The van der Waals surface area contributed by atoms with E-state index in [-0.39, 0.29) is 19.1 Å². The third kappa shape index (κ3) is 3.36. The molecular formula is C14H24N2O5. The molecule has 1 amide bonds. The molecule has 2 aliphatic rings. The van der Waals surface area contributed by atoms with Crippen molar-refractivity contribution in [1.82, 2.24) is 4.90 Å². The van der Waals surface area contributed by atoms with Crippen molar-refractivity contribution < 1.29 is 24.2 Å². The molecule has 0 spiro atoms. The first-order chi connectivity index (χ1) is 9.99. The number of amides is 1. The number of ether oxygens (including phenoxy) is 2. The van der Waals surface area contributed by atoms with Crippen molar-refractivity contribution in [2.24, 2.45) is 11.7 Å². The van der Waals surface area contributed by atoms with E-state index in [9.17, 15) is 14.7 Å². The molecule has 2 saturated heterocycles. The highest BCUT2D eigenvalue weighted by atomic mass is 16.5. The summed E-state index contributed by atoms with van der Waals surface area (Å²) in [6, 6.07) is -0.432. The fourth-order valence-corrected chi connectivity index (χ4v) is 2.98. The zero-order valence-corrected chi connectivity index (χ0v) is 12.4. The predicted octanol–water partition coefficient (Wildman–Crippen LogP) is -0.167. The van der Waals surface area contributed by atoms with Gasteiger partial charge in [-0.15, -0.1) is 0 Å². The Balaban J connectivity index is 2.17. The van der Waals surface area contributed by atoms with Crippen LogP contribution in [0.3, 0.4) is 0 Å². The summed E-state index contributed by atoms with van der Waals surface area (Å²) in [5.74, 6) is -1.78. The number of carboxylic acid groups (broad SMARTS) is 1. The SMILES string of the molecule is CCCN(C(=O)C1(N)CCOCC1)C1COCC1C(=O)O. The Morgan fingerprint density at radius 1 is 1.29 bits per heavy atom. The lowest BCUT2D eigenvalue weighted by molar-refractivity contribution is -0.148. The van der Waals surface area contributed by atoms with Gasteiger partial charge in [-0.25, -0.2) is 0 Å². The lowest BCUT2D eigenvalue weighted by Gasteiger charge is -2.39. The molecule has 2 atom stereocenters. The zero-order chi connectivity index (χ0) is 15.5. The monoisotopic (exact) mass is 300 g/mol. The molecule has 2 unspecified atom stereocenters. The Kier molecular flexibility index (Phi) is 5.18. The molecule has 2 aliphatic heterocycles. The maximum atomic E-state index is 12.9. The van der Waals surface area contributed by atoms with Crippen LogP contribution in [0.2, 0.25) is 0 Å². The second-order valence-electron chi connectivity index (χ2n) is 5.82. The molecule has 21 heavy (non-hydrogen) atoms. The lowest BCUT2D eigenvalue weighted by Crippen LogP contribution is -2.61. The zero-order valence-electron chi connectivity index (χ0n) is 12.4. The van der Waals surface area contributed by atoms with Crippen LogP contribution in [-0.2, 0) is 19.1 Å². The molecule has 2 rings (SSSR count). The van der Waals surface area contributed by atoms with Gasteiger partial charge in [0.15, 0.2) is 0 Å². The fourth-order valence-electron chi connectivity index (χ4n) is 2.98. The Hall–Kier alpha value is -1.18. The summed E-state index contributed by atoms with van der Waals surface area (Å²) in [4.78, 5) is 25.8. The van der Waals surface area contributed by atoms with Gasteiger partial charge in [-0.3, -0.25) is 9.59 Å². The summed E-state index contributed by atoms with van der Waals surface area (Å²) in [6.07, 6.45) is 1.69. The molecular weight excluding hydrogens is 276 g/mol. The number of rotatable bonds is 5. The molecule has 120 valence electrons. The average molecular weight is 300 g/mol. The first-order valence-electron chi connectivity index (χ1n) is 7.48. The first-order valence-corrected chi connectivity index (χ1v) is 7.48. The highest BCUT2D eigenvalue weighted by Crippen LogP contribution is 2.26. The van der Waals surface area contributed by atoms with Crippen LogP contribution in [0.1, 0.15) is 26.2 Å². The molecule has 0 radical (unpaired) electrons. The van der Waals surface area contributed by atoms with E-state index in [0.717, 1.165) is 6.42 Å². The summed E-state index contributed by atoms with van der Waals surface area (Å²) in [7, 11) is 0. The summed E-state index contributed by atoms with van der Waals surface area (Å²) < 4.78 is 10.6. The van der Waals surface area contributed by atoms with Crippen LogP contribution in [0.15, 0.2) is 0 Å². The van der Waals surface area contributed by atoms with Gasteiger partial charge >= 0.3 is 5.97 Å². The van der Waals surface area contributed by atoms with E-state index < -0.39 is 23.5 Å². The average Bonchev–Trinajstić information content (AvgIpc) is 2.94. The van der Waals surface area contributed by atoms with Gasteiger partial charge in [-0.1, -0.05) is 6.92 Å². The minimum absolute atomic E-state index is 0.147. The quantitative estimate of drug-likeness (QED) is 0.731. The minimum Gasteiger partial charge on any atom is -0.481 e. The highest BCUT2D eigenvalue weighted by Gasteiger charge is 2.45. The maximum absolute atomic E-state index is 12.9. The van der Waals surface area contributed by atoms with Crippen LogP contribution in [0.5, 0.6) is 0 Å². The van der Waals surface area contributed by atoms with Crippen molar-refractivity contribution >= 4 is 11.9 Å². The molecule has 3 N–H and O–H groups in total. The third-order valence-corrected chi connectivity index (χ3v) is 4.30. The van der Waals surface area contributed by atoms with Gasteiger partial charge in [0.1, 0.15) is 5.92 Å². The van der Waals surface area contributed by atoms with Crippen LogP contribution in [-0.4, -0.2) is 66.4 Å². The molecule has 7 heteroatoms. The van der Waals surface area contributed by atoms with Crippen molar-refractivity contribution in [1.29, 1.82) is 0 Å². The van der Waals surface area contributed by atoms with Crippen molar-refractivity contribution in [3.8, 4) is 0 Å². The largest absolute Gasteiger partial charge is 0.481 e. The molecule has 2 heterocycles. The number of hydrogen-bond donors (Lipinski definition) is 2. The van der Waals surface area contributed by atoms with E-state index in [0.29, 0.717) is 32.6 Å². The topological polar surface area (TPSA) is 102 Å². The van der Waals surface area contributed by atoms with E-state index in [1.165, 1.54) is 0 Å². The Morgan fingerprint density at radius 3 is 2.52 bits per heavy atom. The van der Waals surface area contributed by atoms with E-state index in [1.54, 1.807) is 4.90 Å². The Labute approximate surface area is 124 Å². The summed E-state index contributed by atoms with van der Waals surface area (Å²) >= 11 is 0. The van der Waals surface area contributed by atoms with E-state index >= 15 is 0 Å². The molecule has 0 aromatic rings. The first kappa shape index (κ1) is 16.2. The standard InChI is InChI=1S/C14H24N2O5/c1-2-5-16(11-9-21-8-10(11)12(17)18)13(19)14(15)3-6-20-7-4-14/h10-11H,2-9,15H2,1H3,(H,17,18). The molecule has 7 nitrogen and oxygen atoms in total. The Morgan fingerprint density at radius 2 is 1.95 bits per heavy atom. The van der Waals surface area contributed by atoms with Gasteiger partial charge < -0.3 is 25.2 Å². The fraction of sp³-hybridized carbons (Fsp3) is 0.857. The number of nitrogens with two attached hydrogens (primary N) is 1. The lowest BCUT2D eigenvalue weighted by atomic mass is 9.88. The highest BCUT2D eigenvalue weighted by molar-refractivity contribution is 5.87. The normalized spacial score (nSPS) is 28.3. The molecule has 0 saturated carbocycles. The molecule has 0 aliphatic carbocycles. The van der Waals surface area contributed by atoms with Crippen LogP contribution in [0.25, 0.3) is 0 Å². The van der Waals surface area contributed by atoms with Crippen molar-refractivity contribution in [2.45, 2.75) is 37.8 Å². The number of carboxylic acids is 1. The van der Waals surface area contributed by atoms with Gasteiger partial charge in [0.05, 0.1) is 24.8 Å². The van der Waals surface area contributed by atoms with Crippen molar-refractivity contribution in [3.05, 3.63) is 0 Å². The summed E-state index contributed by atoms with van der Waals surface area (Å²) in [6.45, 7) is 3.79. The van der Waals surface area contributed by atoms with Gasteiger partial charge in [0.2, 0.25) is 5.91 Å². The van der Waals surface area contributed by atoms with Crippen LogP contribution < -0.4 is 5.73 Å². The summed E-state index contributed by atoms with van der Waals surface area (Å²) in [5.41, 5.74) is 5.32. The second kappa shape index (κ2) is 6.72. The third-order valence-electron chi connectivity index (χ3n) is 4.30. The van der Waals surface area contributed by atoms with Crippen LogP contribution >= 0.6 is 0 Å². The number of nitrogens with zero attached hydrogens (tertiary/aromatic N) is 1. The minimum atomic E-state index is -0.945. The maximum Gasteiger partial charge on any atom is 0.311 e. The number of aliphatic carboxylic acids is 1. The van der Waals surface area contributed by atoms with Gasteiger partial charge in [0, 0.05) is 19.8 Å². The van der Waals surface area contributed by atoms with Crippen molar-refractivity contribution in [3.63, 3.8) is 0 Å². The predicted molar refractivity (Wildman–Crippen MR) is 74.7 cm³/mol. The molecule has 2 fully saturated rings. The van der Waals surface area contributed by atoms with E-state index in [4.69, 9.17) is 15.2 Å². The number of hydrogen-bond acceptors (Lipinski definition) is 5. The second-order valence-corrected chi connectivity index (χ2v) is 5.82. The molecule has 0 aromatic heterocycles. The smallest absolute Gasteiger partial charge is 0.311 e. The van der Waals surface area contributed by atoms with Gasteiger partial charge in [-0.2, -0.15) is 0 Å². The van der Waals surface area contributed by atoms with Gasteiger partial charge in [-0.05, 0) is 19.3 Å². The number of carbonyl (C=O) groups is 2. The number of carbonyl (C=O) groups excluding carboxylic acids is 1. The van der Waals surface area contributed by atoms with Gasteiger partial charge in [0.25, 0.3) is 0 Å².